The van der Waals surface area contributed by atoms with Crippen molar-refractivity contribution in [1.29, 1.82) is 0 Å². The van der Waals surface area contributed by atoms with Gasteiger partial charge in [-0.1, -0.05) is 19.8 Å². The minimum absolute atomic E-state index is 0.126. The zero-order valence-corrected chi connectivity index (χ0v) is 15.1. The molecule has 1 saturated carbocycles. The fraction of sp³-hybridized carbons (Fsp3) is 0.556. The molecule has 142 valence electrons. The van der Waals surface area contributed by atoms with Crippen LogP contribution < -0.4 is 10.6 Å². The van der Waals surface area contributed by atoms with Gasteiger partial charge in [0.25, 0.3) is 11.6 Å². The molecule has 1 fully saturated rings. The first-order valence-corrected chi connectivity index (χ1v) is 8.80. The van der Waals surface area contributed by atoms with Gasteiger partial charge in [0.1, 0.15) is 12.2 Å². The number of nitrogens with one attached hydrogen (secondary N) is 2. The molecule has 0 aliphatic heterocycles. The molecule has 0 radical (unpaired) electrons. The smallest absolute Gasteiger partial charge is 0.325 e. The standard InChI is InChI=1S/C18H25N3O5/c1-12-4-3-5-14(8-6-12)20-15-9-7-13(10-16(15)21(24)25)18(23)19-11-17(22)26-2/h7,9-10,12,14,20H,3-6,8,11H2,1-2H3,(H,19,23). The van der Waals surface area contributed by atoms with Gasteiger partial charge in [-0.15, -0.1) is 0 Å². The molecule has 1 aliphatic carbocycles. The third-order valence-electron chi connectivity index (χ3n) is 4.69. The molecule has 1 amide bonds. The van der Waals surface area contributed by atoms with Crippen LogP contribution in [0.15, 0.2) is 18.2 Å². The highest BCUT2D eigenvalue weighted by molar-refractivity contribution is 5.97. The largest absolute Gasteiger partial charge is 0.468 e. The molecule has 26 heavy (non-hydrogen) atoms. The number of nitrogens with zero attached hydrogens (tertiary/aromatic N) is 1. The zero-order valence-electron chi connectivity index (χ0n) is 15.1. The number of nitro benzene ring substituents is 1. The molecule has 0 saturated heterocycles. The summed E-state index contributed by atoms with van der Waals surface area (Å²) in [6, 6.07) is 4.49. The van der Waals surface area contributed by atoms with Crippen molar-refractivity contribution in [2.24, 2.45) is 5.92 Å². The minimum atomic E-state index is -0.589. The van der Waals surface area contributed by atoms with E-state index in [2.05, 4.69) is 22.3 Å². The minimum Gasteiger partial charge on any atom is -0.468 e. The summed E-state index contributed by atoms with van der Waals surface area (Å²) in [6.45, 7) is 1.94. The Kier molecular flexibility index (Phi) is 6.94. The quantitative estimate of drug-likeness (QED) is 0.348. The predicted molar refractivity (Wildman–Crippen MR) is 97.1 cm³/mol. The zero-order chi connectivity index (χ0) is 19.1. The van der Waals surface area contributed by atoms with Gasteiger partial charge < -0.3 is 15.4 Å². The summed E-state index contributed by atoms with van der Waals surface area (Å²) in [4.78, 5) is 34.1. The number of rotatable bonds is 6. The van der Waals surface area contributed by atoms with Crippen LogP contribution in [-0.4, -0.2) is 36.5 Å². The molecule has 8 nitrogen and oxygen atoms in total. The summed E-state index contributed by atoms with van der Waals surface area (Å²) >= 11 is 0. The van der Waals surface area contributed by atoms with Gasteiger partial charge in [-0.25, -0.2) is 0 Å². The maximum absolute atomic E-state index is 12.1. The molecule has 1 aromatic rings. The van der Waals surface area contributed by atoms with Crippen LogP contribution >= 0.6 is 0 Å². The SMILES string of the molecule is COC(=O)CNC(=O)c1ccc(NC2CCCC(C)CC2)c([N+](=O)[O-])c1. The van der Waals surface area contributed by atoms with Crippen molar-refractivity contribution in [2.75, 3.05) is 19.0 Å². The molecule has 2 atom stereocenters. The van der Waals surface area contributed by atoms with Gasteiger partial charge in [0.05, 0.1) is 12.0 Å². The van der Waals surface area contributed by atoms with Crippen molar-refractivity contribution >= 4 is 23.3 Å². The third-order valence-corrected chi connectivity index (χ3v) is 4.69. The maximum Gasteiger partial charge on any atom is 0.325 e. The highest BCUT2D eigenvalue weighted by Crippen LogP contribution is 2.30. The van der Waals surface area contributed by atoms with Gasteiger partial charge in [0.15, 0.2) is 0 Å². The van der Waals surface area contributed by atoms with E-state index in [-0.39, 0.29) is 23.8 Å². The molecular weight excluding hydrogens is 338 g/mol. The highest BCUT2D eigenvalue weighted by Gasteiger charge is 2.22. The first kappa shape index (κ1) is 19.7. The first-order valence-electron chi connectivity index (χ1n) is 8.80. The Morgan fingerprint density at radius 1 is 1.27 bits per heavy atom. The van der Waals surface area contributed by atoms with Crippen molar-refractivity contribution in [3.63, 3.8) is 0 Å². The number of carbonyl (C=O) groups is 2. The Morgan fingerprint density at radius 3 is 2.73 bits per heavy atom. The van der Waals surface area contributed by atoms with Crippen molar-refractivity contribution in [3.8, 4) is 0 Å². The van der Waals surface area contributed by atoms with Gasteiger partial charge in [-0.2, -0.15) is 0 Å². The van der Waals surface area contributed by atoms with Crippen LogP contribution in [0.3, 0.4) is 0 Å². The molecule has 1 aliphatic rings. The number of benzene rings is 1. The maximum atomic E-state index is 12.1. The van der Waals surface area contributed by atoms with E-state index in [1.807, 2.05) is 0 Å². The molecule has 0 bridgehead atoms. The van der Waals surface area contributed by atoms with E-state index in [0.29, 0.717) is 11.6 Å². The van der Waals surface area contributed by atoms with Crippen molar-refractivity contribution in [2.45, 2.75) is 45.1 Å². The molecule has 0 aromatic heterocycles. The van der Waals surface area contributed by atoms with Crippen LogP contribution in [0.2, 0.25) is 0 Å². The van der Waals surface area contributed by atoms with Gasteiger partial charge >= 0.3 is 5.97 Å². The fourth-order valence-electron chi connectivity index (χ4n) is 3.12. The Morgan fingerprint density at radius 2 is 2.04 bits per heavy atom. The number of esters is 1. The predicted octanol–water partition coefficient (Wildman–Crippen LogP) is 2.88. The van der Waals surface area contributed by atoms with Crippen molar-refractivity contribution < 1.29 is 19.2 Å². The molecule has 1 aromatic carbocycles. The number of hydrogen-bond donors (Lipinski definition) is 2. The lowest BCUT2D eigenvalue weighted by molar-refractivity contribution is -0.384. The van der Waals surface area contributed by atoms with E-state index in [1.165, 1.54) is 25.7 Å². The molecule has 2 rings (SSSR count). The van der Waals surface area contributed by atoms with E-state index < -0.39 is 16.8 Å². The number of amides is 1. The number of nitro groups is 1. The molecule has 0 spiro atoms. The monoisotopic (exact) mass is 363 g/mol. The Hall–Kier alpha value is -2.64. The average Bonchev–Trinajstić information content (AvgIpc) is 2.83. The molecule has 2 N–H and O–H groups in total. The number of ether oxygens (including phenoxy) is 1. The Labute approximate surface area is 152 Å². The number of anilines is 1. The van der Waals surface area contributed by atoms with Crippen molar-refractivity contribution in [3.05, 3.63) is 33.9 Å². The van der Waals surface area contributed by atoms with E-state index in [1.54, 1.807) is 6.07 Å². The average molecular weight is 363 g/mol. The summed E-state index contributed by atoms with van der Waals surface area (Å²) in [5.74, 6) is -0.472. The highest BCUT2D eigenvalue weighted by atomic mass is 16.6. The van der Waals surface area contributed by atoms with E-state index in [4.69, 9.17) is 0 Å². The summed E-state index contributed by atoms with van der Waals surface area (Å²) in [7, 11) is 1.22. The van der Waals surface area contributed by atoms with E-state index >= 15 is 0 Å². The number of methoxy groups -OCH3 is 1. The van der Waals surface area contributed by atoms with Crippen LogP contribution in [0.25, 0.3) is 0 Å². The molecular formula is C18H25N3O5. The second-order valence-electron chi connectivity index (χ2n) is 6.70. The van der Waals surface area contributed by atoms with Crippen LogP contribution in [0.4, 0.5) is 11.4 Å². The number of carbonyl (C=O) groups excluding carboxylic acids is 2. The Bertz CT molecular complexity index is 677. The van der Waals surface area contributed by atoms with E-state index in [9.17, 15) is 19.7 Å². The molecule has 2 unspecified atom stereocenters. The fourth-order valence-corrected chi connectivity index (χ4v) is 3.12. The molecule has 0 heterocycles. The van der Waals surface area contributed by atoms with Crippen LogP contribution in [0.1, 0.15) is 49.4 Å². The lowest BCUT2D eigenvalue weighted by Gasteiger charge is -2.18. The Balaban J connectivity index is 2.11. The normalized spacial score (nSPS) is 19.9. The lowest BCUT2D eigenvalue weighted by Crippen LogP contribution is -2.30. The summed E-state index contributed by atoms with van der Waals surface area (Å²) in [6.07, 6.45) is 5.32. The second-order valence-corrected chi connectivity index (χ2v) is 6.70. The lowest BCUT2D eigenvalue weighted by atomic mass is 10.0. The van der Waals surface area contributed by atoms with Gasteiger partial charge in [0.2, 0.25) is 0 Å². The van der Waals surface area contributed by atoms with E-state index in [0.717, 1.165) is 25.7 Å². The number of hydrogen-bond acceptors (Lipinski definition) is 6. The summed E-state index contributed by atoms with van der Waals surface area (Å²) in [5, 5.41) is 17.1. The second kappa shape index (κ2) is 9.17. The summed E-state index contributed by atoms with van der Waals surface area (Å²) in [5.41, 5.74) is 0.396. The van der Waals surface area contributed by atoms with Crippen LogP contribution in [0.5, 0.6) is 0 Å². The van der Waals surface area contributed by atoms with Crippen LogP contribution in [-0.2, 0) is 9.53 Å². The van der Waals surface area contributed by atoms with Crippen molar-refractivity contribution in [1.82, 2.24) is 5.32 Å². The van der Waals surface area contributed by atoms with Gasteiger partial charge in [-0.05, 0) is 37.3 Å². The van der Waals surface area contributed by atoms with Gasteiger partial charge in [0, 0.05) is 17.7 Å². The summed E-state index contributed by atoms with van der Waals surface area (Å²) < 4.78 is 4.45. The van der Waals surface area contributed by atoms with Crippen LogP contribution in [0, 0.1) is 16.0 Å². The molecule has 8 heteroatoms. The first-order chi connectivity index (χ1) is 12.4. The van der Waals surface area contributed by atoms with Gasteiger partial charge in [-0.3, -0.25) is 19.7 Å². The topological polar surface area (TPSA) is 111 Å². The third kappa shape index (κ3) is 5.44.